The fourth-order valence-corrected chi connectivity index (χ4v) is 4.01. The molecule has 0 saturated heterocycles. The Hall–Kier alpha value is -1.73. The van der Waals surface area contributed by atoms with Crippen LogP contribution in [0.15, 0.2) is 6.20 Å². The summed E-state index contributed by atoms with van der Waals surface area (Å²) in [7, 11) is -2.35. The van der Waals surface area contributed by atoms with Gasteiger partial charge in [-0.05, 0) is 57.3 Å². The zero-order valence-corrected chi connectivity index (χ0v) is 15.0. The average molecular weight is 365 g/mol. The van der Waals surface area contributed by atoms with Crippen LogP contribution < -0.4 is 11.1 Å². The second-order valence-electron chi connectivity index (χ2n) is 7.54. The number of methoxy groups -OCH3 is 1. The van der Waals surface area contributed by atoms with Gasteiger partial charge in [0, 0.05) is 25.7 Å². The van der Waals surface area contributed by atoms with Crippen LogP contribution in [0.2, 0.25) is 0 Å². The molecular weight excluding hydrogens is 332 g/mol. The summed E-state index contributed by atoms with van der Waals surface area (Å²) in [6.07, 6.45) is 7.89. The van der Waals surface area contributed by atoms with Crippen molar-refractivity contribution >= 4 is 11.7 Å². The van der Waals surface area contributed by atoms with Gasteiger partial charge in [-0.1, -0.05) is 0 Å². The number of nitrogens with two attached hydrogens (primary N) is 1. The molecule has 0 aromatic carbocycles. The van der Waals surface area contributed by atoms with Crippen molar-refractivity contribution in [1.82, 2.24) is 9.97 Å². The Morgan fingerprint density at radius 3 is 2.88 bits per heavy atom. The monoisotopic (exact) mass is 365 g/mol. The van der Waals surface area contributed by atoms with E-state index in [4.69, 9.17) is 14.6 Å². The molecule has 4 N–H and O–H groups in total. The van der Waals surface area contributed by atoms with E-state index in [0.717, 1.165) is 32.1 Å². The topological polar surface area (TPSA) is 110 Å². The molecule has 7 nitrogen and oxygen atoms in total. The van der Waals surface area contributed by atoms with E-state index in [9.17, 15) is 9.90 Å². The van der Waals surface area contributed by atoms with Crippen molar-refractivity contribution in [3.8, 4) is 0 Å². The minimum Gasteiger partial charge on any atom is -0.393 e. The number of ether oxygens (including phenoxy) is 1. The number of aliphatic hydroxyl groups excluding tert-OH is 1. The Labute approximate surface area is 159 Å². The van der Waals surface area contributed by atoms with E-state index in [0.29, 0.717) is 43.2 Å². The molecule has 26 heavy (non-hydrogen) atoms. The Bertz CT molecular complexity index is 708. The largest absolute Gasteiger partial charge is 0.393 e. The Balaban J connectivity index is 1.62. The summed E-state index contributed by atoms with van der Waals surface area (Å²) in [6.45, 7) is 0. The molecule has 2 aliphatic carbocycles. The van der Waals surface area contributed by atoms with Crippen LogP contribution in [0.25, 0.3) is 0 Å². The van der Waals surface area contributed by atoms with E-state index < -0.39 is 12.9 Å². The number of aliphatic hydroxyl groups is 1. The maximum atomic E-state index is 11.8. The summed E-state index contributed by atoms with van der Waals surface area (Å²) in [5.41, 5.74) is 5.73. The molecule has 0 bridgehead atoms. The number of carbonyl (C=O) groups excluding carboxylic acids is 1. The van der Waals surface area contributed by atoms with E-state index in [2.05, 4.69) is 15.3 Å². The molecule has 7 heteroatoms. The number of rotatable bonds is 6. The molecule has 1 aromatic heterocycles. The smallest absolute Gasteiger partial charge is 0.254 e. The molecule has 2 fully saturated rings. The first kappa shape index (κ1) is 15.3. The van der Waals surface area contributed by atoms with Gasteiger partial charge >= 0.3 is 0 Å². The Morgan fingerprint density at radius 2 is 2.19 bits per heavy atom. The molecule has 2 aliphatic rings. The van der Waals surface area contributed by atoms with Crippen molar-refractivity contribution in [2.75, 3.05) is 12.4 Å². The zero-order chi connectivity index (χ0) is 21.0. The highest BCUT2D eigenvalue weighted by molar-refractivity contribution is 5.97. The summed E-state index contributed by atoms with van der Waals surface area (Å²) >= 11 is 0. The van der Waals surface area contributed by atoms with Gasteiger partial charge < -0.3 is 20.9 Å². The highest BCUT2D eigenvalue weighted by Gasteiger charge is 2.24. The first-order valence-corrected chi connectivity index (χ1v) is 9.47. The number of anilines is 1. The van der Waals surface area contributed by atoms with Gasteiger partial charge in [0.25, 0.3) is 5.91 Å². The van der Waals surface area contributed by atoms with Crippen molar-refractivity contribution in [3.63, 3.8) is 0 Å². The van der Waals surface area contributed by atoms with Gasteiger partial charge in [0.1, 0.15) is 11.6 Å². The van der Waals surface area contributed by atoms with Crippen LogP contribution in [0.3, 0.4) is 0 Å². The van der Waals surface area contributed by atoms with Gasteiger partial charge in [-0.25, -0.2) is 9.97 Å². The predicted octanol–water partition coefficient (Wildman–Crippen LogP) is 2.04. The number of nitrogens with one attached hydrogen (secondary N) is 1. The summed E-state index contributed by atoms with van der Waals surface area (Å²) < 4.78 is 26.8. The molecule has 0 radical (unpaired) electrons. The van der Waals surface area contributed by atoms with Crippen molar-refractivity contribution in [1.29, 1.82) is 0 Å². The molecule has 1 heterocycles. The number of hydrogen-bond acceptors (Lipinski definition) is 6. The van der Waals surface area contributed by atoms with Crippen LogP contribution in [0.4, 0.5) is 5.82 Å². The van der Waals surface area contributed by atoms with Gasteiger partial charge in [0.15, 0.2) is 0 Å². The van der Waals surface area contributed by atoms with E-state index in [1.54, 1.807) is 0 Å². The minimum atomic E-state index is -2.35. The second kappa shape index (κ2) is 8.77. The average Bonchev–Trinajstić information content (AvgIpc) is 2.62. The van der Waals surface area contributed by atoms with Crippen molar-refractivity contribution in [2.24, 2.45) is 11.7 Å². The number of hydrogen-bond donors (Lipinski definition) is 3. The predicted molar refractivity (Wildman–Crippen MR) is 98.9 cm³/mol. The molecule has 2 atom stereocenters. The van der Waals surface area contributed by atoms with Crippen LogP contribution in [0, 0.1) is 5.92 Å². The Morgan fingerprint density at radius 1 is 1.38 bits per heavy atom. The normalized spacial score (nSPS) is 31.5. The molecule has 0 aliphatic heterocycles. The highest BCUT2D eigenvalue weighted by atomic mass is 16.5. The zero-order valence-electron chi connectivity index (χ0n) is 18.0. The maximum Gasteiger partial charge on any atom is 0.254 e. The number of aromatic nitrogens is 2. The molecule has 3 rings (SSSR count). The van der Waals surface area contributed by atoms with Gasteiger partial charge in [0.05, 0.1) is 21.9 Å². The van der Waals surface area contributed by atoms with Crippen molar-refractivity contribution in [3.05, 3.63) is 17.6 Å². The lowest BCUT2D eigenvalue weighted by atomic mass is 9.85. The molecule has 0 unspecified atom stereocenters. The molecule has 0 spiro atoms. The lowest BCUT2D eigenvalue weighted by Gasteiger charge is -2.28. The third kappa shape index (κ3) is 4.92. The van der Waals surface area contributed by atoms with Crippen LogP contribution in [0.1, 0.15) is 71.7 Å². The summed E-state index contributed by atoms with van der Waals surface area (Å²) in [6, 6.07) is 0.0482. The standard InChI is InChI=1S/C19H30N4O3/c1-26-15-7-5-12(6-8-15)9-17-21-11-16(18(20)25)19(23-17)22-13-3-2-4-14(24)10-13/h11-15,24H,2-10H2,1H3,(H2,20,25)(H,21,22,23)/t12?,13-,14+,15?/m1/s1/i1D3. The molecule has 144 valence electrons. The van der Waals surface area contributed by atoms with Gasteiger partial charge in [-0.15, -0.1) is 0 Å². The number of primary amides is 1. The van der Waals surface area contributed by atoms with Gasteiger partial charge in [-0.3, -0.25) is 4.79 Å². The van der Waals surface area contributed by atoms with Crippen molar-refractivity contribution < 1.29 is 18.8 Å². The molecular formula is C19H30N4O3. The first-order chi connectivity index (χ1) is 13.7. The van der Waals surface area contributed by atoms with E-state index in [-0.39, 0.29) is 23.8 Å². The van der Waals surface area contributed by atoms with Crippen LogP contribution in [-0.4, -0.2) is 46.3 Å². The van der Waals surface area contributed by atoms with Crippen molar-refractivity contribution in [2.45, 2.75) is 76.0 Å². The third-order valence-corrected chi connectivity index (χ3v) is 5.52. The van der Waals surface area contributed by atoms with Crippen LogP contribution >= 0.6 is 0 Å². The maximum absolute atomic E-state index is 11.8. The lowest BCUT2D eigenvalue weighted by molar-refractivity contribution is 0.0566. The van der Waals surface area contributed by atoms with Gasteiger partial charge in [-0.2, -0.15) is 0 Å². The molecule has 1 amide bonds. The Kier molecular flexibility index (Phi) is 5.18. The lowest BCUT2D eigenvalue weighted by Crippen LogP contribution is -2.31. The number of amides is 1. The van der Waals surface area contributed by atoms with E-state index >= 15 is 0 Å². The number of nitrogens with zero attached hydrogens (tertiary/aromatic N) is 2. The minimum absolute atomic E-state index is 0.0482. The summed E-state index contributed by atoms with van der Waals surface area (Å²) in [5, 5.41) is 13.2. The number of carbonyl (C=O) groups is 1. The van der Waals surface area contributed by atoms with Crippen LogP contribution in [0.5, 0.6) is 0 Å². The first-order valence-electron chi connectivity index (χ1n) is 11.0. The fourth-order valence-electron chi connectivity index (χ4n) is 4.01. The molecule has 2 saturated carbocycles. The van der Waals surface area contributed by atoms with Gasteiger partial charge in [0.2, 0.25) is 0 Å². The summed E-state index contributed by atoms with van der Waals surface area (Å²) in [4.78, 5) is 20.7. The second-order valence-corrected chi connectivity index (χ2v) is 7.54. The molecule has 1 aromatic rings. The SMILES string of the molecule is [2H]C([2H])([2H])OC1CCC(Cc2ncc(C(N)=O)c(N[C@@H]3CCC[C@H](O)C3)n2)CC1. The van der Waals surface area contributed by atoms with Crippen LogP contribution in [-0.2, 0) is 11.2 Å². The fraction of sp³-hybridized carbons (Fsp3) is 0.737. The summed E-state index contributed by atoms with van der Waals surface area (Å²) in [5.74, 6) is 0.822. The van der Waals surface area contributed by atoms with E-state index in [1.807, 2.05) is 0 Å². The van der Waals surface area contributed by atoms with E-state index in [1.165, 1.54) is 6.20 Å². The highest BCUT2D eigenvalue weighted by Crippen LogP contribution is 2.29. The third-order valence-electron chi connectivity index (χ3n) is 5.52. The quantitative estimate of drug-likeness (QED) is 0.711.